The summed E-state index contributed by atoms with van der Waals surface area (Å²) in [5.74, 6) is -1.34. The van der Waals surface area contributed by atoms with E-state index < -0.39 is 12.0 Å². The zero-order valence-electron chi connectivity index (χ0n) is 9.93. The molecule has 0 aliphatic carbocycles. The molecule has 2 unspecified atom stereocenters. The van der Waals surface area contributed by atoms with Crippen LogP contribution < -0.4 is 5.73 Å². The highest BCUT2D eigenvalue weighted by Gasteiger charge is 2.26. The average molecular weight is 240 g/mol. The Morgan fingerprint density at radius 1 is 1.53 bits per heavy atom. The number of nitrogens with two attached hydrogens (primary N) is 1. The summed E-state index contributed by atoms with van der Waals surface area (Å²) in [5.41, 5.74) is 5.88. The molecule has 1 rings (SSSR count). The first kappa shape index (κ1) is 13.6. The summed E-state index contributed by atoms with van der Waals surface area (Å²) in [5, 5.41) is 8.99. The lowest BCUT2D eigenvalue weighted by Crippen LogP contribution is -2.45. The van der Waals surface area contributed by atoms with E-state index in [-0.39, 0.29) is 18.4 Å². The first-order chi connectivity index (χ1) is 7.99. The lowest BCUT2D eigenvalue weighted by molar-refractivity contribution is -0.143. The molecule has 1 aromatic rings. The van der Waals surface area contributed by atoms with Crippen LogP contribution in [0.5, 0.6) is 0 Å². The van der Waals surface area contributed by atoms with E-state index in [0.717, 1.165) is 0 Å². The number of hydrogen-bond acceptors (Lipinski definition) is 3. The van der Waals surface area contributed by atoms with Gasteiger partial charge in [0.2, 0.25) is 0 Å². The van der Waals surface area contributed by atoms with Crippen LogP contribution in [0.1, 0.15) is 18.5 Å². The van der Waals surface area contributed by atoms with Gasteiger partial charge in [0.15, 0.2) is 0 Å². The number of rotatable bonds is 5. The topological polar surface area (TPSA) is 66.6 Å². The summed E-state index contributed by atoms with van der Waals surface area (Å²) in [6.07, 6.45) is 0. The van der Waals surface area contributed by atoms with Crippen molar-refractivity contribution in [3.63, 3.8) is 0 Å². The van der Waals surface area contributed by atoms with Gasteiger partial charge in [0.1, 0.15) is 11.9 Å². The molecule has 0 amide bonds. The highest BCUT2D eigenvalue weighted by atomic mass is 19.1. The maximum atomic E-state index is 13.6. The molecule has 4 nitrogen and oxygen atoms in total. The zero-order valence-corrected chi connectivity index (χ0v) is 9.93. The van der Waals surface area contributed by atoms with Gasteiger partial charge in [-0.25, -0.2) is 4.39 Å². The van der Waals surface area contributed by atoms with E-state index in [1.54, 1.807) is 37.1 Å². The summed E-state index contributed by atoms with van der Waals surface area (Å²) in [6.45, 7) is 1.74. The fourth-order valence-corrected chi connectivity index (χ4v) is 1.74. The first-order valence-corrected chi connectivity index (χ1v) is 5.38. The zero-order chi connectivity index (χ0) is 13.0. The third-order valence-electron chi connectivity index (χ3n) is 2.97. The van der Waals surface area contributed by atoms with Gasteiger partial charge < -0.3 is 10.8 Å². The largest absolute Gasteiger partial charge is 0.480 e. The molecule has 0 aliphatic heterocycles. The van der Waals surface area contributed by atoms with Gasteiger partial charge in [0.05, 0.1) is 0 Å². The molecular weight excluding hydrogens is 223 g/mol. The number of aliphatic carboxylic acids is 1. The fourth-order valence-electron chi connectivity index (χ4n) is 1.74. The number of carboxylic acids is 1. The number of nitrogens with zero attached hydrogens (tertiary/aromatic N) is 1. The van der Waals surface area contributed by atoms with Crippen molar-refractivity contribution in [3.8, 4) is 0 Å². The van der Waals surface area contributed by atoms with Gasteiger partial charge in [-0.3, -0.25) is 9.69 Å². The SMILES string of the molecule is CC(c1ccccc1F)N(C)C(CN)C(=O)O. The number of benzene rings is 1. The van der Waals surface area contributed by atoms with Crippen LogP contribution >= 0.6 is 0 Å². The number of carboxylic acid groups (broad SMARTS) is 1. The minimum absolute atomic E-state index is 0.00930. The number of carbonyl (C=O) groups is 1. The summed E-state index contributed by atoms with van der Waals surface area (Å²) in [4.78, 5) is 12.5. The molecule has 0 aromatic heterocycles. The van der Waals surface area contributed by atoms with Gasteiger partial charge in [-0.15, -0.1) is 0 Å². The van der Waals surface area contributed by atoms with Crippen LogP contribution in [-0.4, -0.2) is 35.6 Å². The molecule has 0 fully saturated rings. The van der Waals surface area contributed by atoms with Gasteiger partial charge in [-0.2, -0.15) is 0 Å². The second kappa shape index (κ2) is 5.75. The molecular formula is C12H17FN2O2. The molecule has 17 heavy (non-hydrogen) atoms. The normalized spacial score (nSPS) is 14.6. The van der Waals surface area contributed by atoms with Crippen molar-refractivity contribution in [1.82, 2.24) is 4.90 Å². The van der Waals surface area contributed by atoms with Crippen molar-refractivity contribution in [2.45, 2.75) is 19.0 Å². The molecule has 0 radical (unpaired) electrons. The molecule has 1 aromatic carbocycles. The fraction of sp³-hybridized carbons (Fsp3) is 0.417. The van der Waals surface area contributed by atoms with E-state index in [1.807, 2.05) is 0 Å². The quantitative estimate of drug-likeness (QED) is 0.812. The van der Waals surface area contributed by atoms with Crippen molar-refractivity contribution >= 4 is 5.97 Å². The maximum absolute atomic E-state index is 13.6. The van der Waals surface area contributed by atoms with E-state index in [2.05, 4.69) is 0 Å². The van der Waals surface area contributed by atoms with Crippen molar-refractivity contribution in [2.75, 3.05) is 13.6 Å². The van der Waals surface area contributed by atoms with Crippen LogP contribution in [-0.2, 0) is 4.79 Å². The van der Waals surface area contributed by atoms with Crippen LogP contribution in [0.25, 0.3) is 0 Å². The van der Waals surface area contributed by atoms with Gasteiger partial charge in [0.25, 0.3) is 0 Å². The van der Waals surface area contributed by atoms with E-state index in [0.29, 0.717) is 5.56 Å². The lowest BCUT2D eigenvalue weighted by Gasteiger charge is -2.30. The third-order valence-corrected chi connectivity index (χ3v) is 2.97. The summed E-state index contributed by atoms with van der Waals surface area (Å²) < 4.78 is 13.6. The Balaban J connectivity index is 2.93. The lowest BCUT2D eigenvalue weighted by atomic mass is 10.0. The predicted molar refractivity (Wildman–Crippen MR) is 63.1 cm³/mol. The van der Waals surface area contributed by atoms with E-state index in [1.165, 1.54) is 6.07 Å². The smallest absolute Gasteiger partial charge is 0.322 e. The maximum Gasteiger partial charge on any atom is 0.322 e. The molecule has 3 N–H and O–H groups in total. The molecule has 94 valence electrons. The Morgan fingerprint density at radius 3 is 2.59 bits per heavy atom. The molecule has 5 heteroatoms. The van der Waals surface area contributed by atoms with Gasteiger partial charge in [-0.05, 0) is 20.0 Å². The minimum atomic E-state index is -1.00. The van der Waals surface area contributed by atoms with Crippen molar-refractivity contribution in [3.05, 3.63) is 35.6 Å². The standard InChI is InChI=1S/C12H17FN2O2/c1-8(9-5-3-4-6-10(9)13)15(2)11(7-14)12(16)17/h3-6,8,11H,7,14H2,1-2H3,(H,16,17). The average Bonchev–Trinajstić information content (AvgIpc) is 2.29. The number of halogens is 1. The summed E-state index contributed by atoms with van der Waals surface area (Å²) in [7, 11) is 1.63. The van der Waals surface area contributed by atoms with Crippen molar-refractivity contribution in [1.29, 1.82) is 0 Å². The summed E-state index contributed by atoms with van der Waals surface area (Å²) in [6, 6.07) is 5.17. The van der Waals surface area contributed by atoms with E-state index in [9.17, 15) is 9.18 Å². The van der Waals surface area contributed by atoms with E-state index in [4.69, 9.17) is 10.8 Å². The monoisotopic (exact) mass is 240 g/mol. The van der Waals surface area contributed by atoms with Crippen LogP contribution in [0.4, 0.5) is 4.39 Å². The van der Waals surface area contributed by atoms with Gasteiger partial charge in [0, 0.05) is 18.2 Å². The molecule has 0 saturated heterocycles. The Morgan fingerprint density at radius 2 is 2.12 bits per heavy atom. The Kier molecular flexibility index (Phi) is 4.60. The third kappa shape index (κ3) is 3.01. The predicted octanol–water partition coefficient (Wildman–Crippen LogP) is 1.23. The first-order valence-electron chi connectivity index (χ1n) is 5.38. The molecule has 2 atom stereocenters. The number of likely N-dealkylation sites (N-methyl/N-ethyl adjacent to an activating group) is 1. The Bertz CT molecular complexity index is 398. The van der Waals surface area contributed by atoms with E-state index >= 15 is 0 Å². The minimum Gasteiger partial charge on any atom is -0.480 e. The molecule has 0 bridgehead atoms. The molecule has 0 heterocycles. The van der Waals surface area contributed by atoms with Gasteiger partial charge in [-0.1, -0.05) is 18.2 Å². The second-order valence-electron chi connectivity index (χ2n) is 3.95. The second-order valence-corrected chi connectivity index (χ2v) is 3.95. The Hall–Kier alpha value is -1.46. The van der Waals surface area contributed by atoms with Crippen LogP contribution in [0.3, 0.4) is 0 Å². The summed E-state index contributed by atoms with van der Waals surface area (Å²) >= 11 is 0. The van der Waals surface area contributed by atoms with Crippen LogP contribution in [0.15, 0.2) is 24.3 Å². The molecule has 0 aliphatic rings. The van der Waals surface area contributed by atoms with Crippen molar-refractivity contribution in [2.24, 2.45) is 5.73 Å². The van der Waals surface area contributed by atoms with Crippen LogP contribution in [0, 0.1) is 5.82 Å². The Labute approximate surface area is 99.8 Å². The molecule has 0 saturated carbocycles. The highest BCUT2D eigenvalue weighted by Crippen LogP contribution is 2.23. The van der Waals surface area contributed by atoms with Crippen molar-refractivity contribution < 1.29 is 14.3 Å². The number of hydrogen-bond donors (Lipinski definition) is 2. The van der Waals surface area contributed by atoms with Crippen LogP contribution in [0.2, 0.25) is 0 Å². The molecule has 0 spiro atoms. The highest BCUT2D eigenvalue weighted by molar-refractivity contribution is 5.73. The van der Waals surface area contributed by atoms with Gasteiger partial charge >= 0.3 is 5.97 Å².